The molecule has 1 aliphatic heterocycles. The number of carbonyl (C=O) groups is 1. The molecule has 1 fully saturated rings. The Hall–Kier alpha value is -0.610. The first kappa shape index (κ1) is 13.4. The molecule has 0 unspecified atom stereocenters. The molecule has 1 heterocycles. The first-order valence-electron chi connectivity index (χ1n) is 5.17. The van der Waals surface area contributed by atoms with Gasteiger partial charge in [-0.25, -0.2) is 0 Å². The van der Waals surface area contributed by atoms with Crippen LogP contribution in [0.5, 0.6) is 0 Å². The summed E-state index contributed by atoms with van der Waals surface area (Å²) in [5, 5.41) is 11.6. The van der Waals surface area contributed by atoms with Crippen LogP contribution >= 0.6 is 0 Å². The monoisotopic (exact) mass is 202 g/mol. The van der Waals surface area contributed by atoms with E-state index in [9.17, 15) is 4.79 Å². The van der Waals surface area contributed by atoms with E-state index in [1.807, 2.05) is 4.90 Å². The van der Waals surface area contributed by atoms with E-state index in [2.05, 4.69) is 26.1 Å². The third kappa shape index (κ3) is 9.48. The molecule has 2 N–H and O–H groups in total. The fourth-order valence-electron chi connectivity index (χ4n) is 1.06. The molecule has 0 atom stereocenters. The number of nitrogens with zero attached hydrogens (tertiary/aromatic N) is 1. The van der Waals surface area contributed by atoms with Gasteiger partial charge in [0.15, 0.2) is 0 Å². The van der Waals surface area contributed by atoms with Crippen LogP contribution in [-0.2, 0) is 4.79 Å². The Labute approximate surface area is 86.3 Å². The average molecular weight is 202 g/mol. The van der Waals surface area contributed by atoms with Crippen LogP contribution in [0.3, 0.4) is 0 Å². The molecule has 0 aromatic carbocycles. The Morgan fingerprint density at radius 2 is 1.79 bits per heavy atom. The van der Waals surface area contributed by atoms with Crippen LogP contribution in [0.2, 0.25) is 0 Å². The van der Waals surface area contributed by atoms with E-state index in [4.69, 9.17) is 5.11 Å². The maximum atomic E-state index is 10.2. The van der Waals surface area contributed by atoms with Gasteiger partial charge in [-0.2, -0.15) is 0 Å². The predicted octanol–water partition coefficient (Wildman–Crippen LogP) is 0.639. The van der Waals surface area contributed by atoms with E-state index >= 15 is 0 Å². The van der Waals surface area contributed by atoms with Gasteiger partial charge in [0, 0.05) is 26.2 Å². The van der Waals surface area contributed by atoms with E-state index in [1.54, 1.807) is 0 Å². The predicted molar refractivity (Wildman–Crippen MR) is 57.5 cm³/mol. The molecule has 0 spiro atoms. The highest BCUT2D eigenvalue weighted by molar-refractivity contribution is 5.69. The van der Waals surface area contributed by atoms with Gasteiger partial charge in [-0.3, -0.25) is 9.69 Å². The summed E-state index contributed by atoms with van der Waals surface area (Å²) in [6, 6.07) is 0. The van der Waals surface area contributed by atoms with Crippen molar-refractivity contribution in [2.24, 2.45) is 5.92 Å². The zero-order valence-electron chi connectivity index (χ0n) is 9.42. The van der Waals surface area contributed by atoms with E-state index in [0.29, 0.717) is 0 Å². The lowest BCUT2D eigenvalue weighted by Gasteiger charge is -2.25. The van der Waals surface area contributed by atoms with Gasteiger partial charge in [0.2, 0.25) is 0 Å². The number of aliphatic carboxylic acids is 1. The number of piperazine rings is 1. The Bertz CT molecular complexity index is 151. The number of carboxylic acids is 1. The van der Waals surface area contributed by atoms with Crippen molar-refractivity contribution in [3.63, 3.8) is 0 Å². The van der Waals surface area contributed by atoms with E-state index in [1.165, 1.54) is 0 Å². The summed E-state index contributed by atoms with van der Waals surface area (Å²) in [5.74, 6) is 0.0990. The molecular weight excluding hydrogens is 180 g/mol. The van der Waals surface area contributed by atoms with Gasteiger partial charge in [-0.05, 0) is 5.92 Å². The van der Waals surface area contributed by atoms with Crippen LogP contribution in [0.4, 0.5) is 0 Å². The Balaban J connectivity index is 0.000000364. The van der Waals surface area contributed by atoms with Gasteiger partial charge in [0.1, 0.15) is 0 Å². The summed E-state index contributed by atoms with van der Waals surface area (Å²) >= 11 is 0. The van der Waals surface area contributed by atoms with Gasteiger partial charge in [0.25, 0.3) is 0 Å². The van der Waals surface area contributed by atoms with Gasteiger partial charge in [-0.1, -0.05) is 20.8 Å². The number of rotatable bonds is 2. The number of nitrogens with one attached hydrogen (secondary N) is 1. The highest BCUT2D eigenvalue weighted by atomic mass is 16.4. The Morgan fingerprint density at radius 1 is 1.36 bits per heavy atom. The molecule has 4 heteroatoms. The molecule has 1 aliphatic rings. The third-order valence-corrected chi connectivity index (χ3v) is 1.57. The molecule has 0 aromatic heterocycles. The largest absolute Gasteiger partial charge is 0.480 e. The van der Waals surface area contributed by atoms with Crippen molar-refractivity contribution in [1.29, 1.82) is 0 Å². The molecule has 1 rings (SSSR count). The lowest BCUT2D eigenvalue weighted by atomic mass is 10.3. The summed E-state index contributed by atoms with van der Waals surface area (Å²) in [6.07, 6.45) is 0. The minimum Gasteiger partial charge on any atom is -0.480 e. The molecule has 1 saturated heterocycles. The van der Waals surface area contributed by atoms with Crippen molar-refractivity contribution in [2.45, 2.75) is 20.8 Å². The van der Waals surface area contributed by atoms with E-state index < -0.39 is 5.97 Å². The second-order valence-electron chi connectivity index (χ2n) is 4.15. The van der Waals surface area contributed by atoms with E-state index in [-0.39, 0.29) is 6.54 Å². The van der Waals surface area contributed by atoms with Crippen molar-refractivity contribution in [1.82, 2.24) is 10.2 Å². The summed E-state index contributed by atoms with van der Waals surface area (Å²) in [7, 11) is 0. The second kappa shape index (κ2) is 7.76. The lowest BCUT2D eigenvalue weighted by Crippen LogP contribution is -2.45. The number of hydrogen-bond acceptors (Lipinski definition) is 3. The summed E-state index contributed by atoms with van der Waals surface area (Å²) in [4.78, 5) is 12.1. The topological polar surface area (TPSA) is 52.6 Å². The Morgan fingerprint density at radius 3 is 2.14 bits per heavy atom. The van der Waals surface area contributed by atoms with Crippen molar-refractivity contribution in [2.75, 3.05) is 32.7 Å². The molecule has 0 bridgehead atoms. The molecule has 84 valence electrons. The highest BCUT2D eigenvalue weighted by Crippen LogP contribution is 1.89. The zero-order valence-corrected chi connectivity index (χ0v) is 9.42. The van der Waals surface area contributed by atoms with Crippen LogP contribution < -0.4 is 5.32 Å². The van der Waals surface area contributed by atoms with Crippen molar-refractivity contribution >= 4 is 5.97 Å². The minimum atomic E-state index is -0.734. The number of carboxylic acid groups (broad SMARTS) is 1. The smallest absolute Gasteiger partial charge is 0.317 e. The normalized spacial score (nSPS) is 17.4. The van der Waals surface area contributed by atoms with Gasteiger partial charge < -0.3 is 10.4 Å². The number of hydrogen-bond donors (Lipinski definition) is 2. The van der Waals surface area contributed by atoms with Gasteiger partial charge in [0.05, 0.1) is 6.54 Å². The summed E-state index contributed by atoms with van der Waals surface area (Å²) in [6.45, 7) is 10.2. The standard InChI is InChI=1S/C6H12N2O2.C4H10/c9-6(10)5-8-3-1-7-2-4-8;1-4(2)3/h7H,1-5H2,(H,9,10);4H,1-3H3. The second-order valence-corrected chi connectivity index (χ2v) is 4.15. The summed E-state index contributed by atoms with van der Waals surface area (Å²) < 4.78 is 0. The molecule has 0 aromatic rings. The Kier molecular flexibility index (Phi) is 7.42. The highest BCUT2D eigenvalue weighted by Gasteiger charge is 2.11. The maximum Gasteiger partial charge on any atom is 0.317 e. The van der Waals surface area contributed by atoms with Crippen LogP contribution in [0, 0.1) is 5.92 Å². The molecule has 0 aliphatic carbocycles. The minimum absolute atomic E-state index is 0.182. The van der Waals surface area contributed by atoms with Crippen LogP contribution in [0.25, 0.3) is 0 Å². The molecular formula is C10H22N2O2. The molecule has 14 heavy (non-hydrogen) atoms. The average Bonchev–Trinajstić information content (AvgIpc) is 2.03. The van der Waals surface area contributed by atoms with Gasteiger partial charge in [-0.15, -0.1) is 0 Å². The van der Waals surface area contributed by atoms with Gasteiger partial charge >= 0.3 is 5.97 Å². The lowest BCUT2D eigenvalue weighted by molar-refractivity contribution is -0.138. The molecule has 0 radical (unpaired) electrons. The van der Waals surface area contributed by atoms with Crippen molar-refractivity contribution in [3.8, 4) is 0 Å². The SMILES string of the molecule is CC(C)C.O=C(O)CN1CCNCC1. The first-order valence-corrected chi connectivity index (χ1v) is 5.17. The zero-order chi connectivity index (χ0) is 11.0. The fourth-order valence-corrected chi connectivity index (χ4v) is 1.06. The van der Waals surface area contributed by atoms with Crippen molar-refractivity contribution in [3.05, 3.63) is 0 Å². The first-order chi connectivity index (χ1) is 6.52. The maximum absolute atomic E-state index is 10.2. The third-order valence-electron chi connectivity index (χ3n) is 1.57. The van der Waals surface area contributed by atoms with E-state index in [0.717, 1.165) is 32.1 Å². The van der Waals surface area contributed by atoms with Crippen LogP contribution in [0.1, 0.15) is 20.8 Å². The molecule has 0 saturated carbocycles. The van der Waals surface area contributed by atoms with Crippen molar-refractivity contribution < 1.29 is 9.90 Å². The van der Waals surface area contributed by atoms with Crippen LogP contribution in [0.15, 0.2) is 0 Å². The molecule has 4 nitrogen and oxygen atoms in total. The quantitative estimate of drug-likeness (QED) is 0.690. The fraction of sp³-hybridized carbons (Fsp3) is 0.900. The molecule has 0 amide bonds. The summed E-state index contributed by atoms with van der Waals surface area (Å²) in [5.41, 5.74) is 0. The van der Waals surface area contributed by atoms with Crippen LogP contribution in [-0.4, -0.2) is 48.7 Å².